The number of ether oxygens (including phenoxy) is 1. The highest BCUT2D eigenvalue weighted by Gasteiger charge is 2.23. The van der Waals surface area contributed by atoms with Crippen molar-refractivity contribution in [2.45, 2.75) is 161 Å². The van der Waals surface area contributed by atoms with E-state index in [-0.39, 0.29) is 32.1 Å². The summed E-state index contributed by atoms with van der Waals surface area (Å²) in [5.41, 5.74) is 0. The minimum atomic E-state index is -4.36. The van der Waals surface area contributed by atoms with E-state index in [1.807, 2.05) is 0 Å². The van der Waals surface area contributed by atoms with Crippen molar-refractivity contribution in [2.24, 2.45) is 0 Å². The van der Waals surface area contributed by atoms with Gasteiger partial charge in [-0.25, -0.2) is 4.57 Å². The summed E-state index contributed by atoms with van der Waals surface area (Å²) in [6, 6.07) is 0. The molecule has 0 aliphatic carbocycles. The van der Waals surface area contributed by atoms with E-state index in [1.54, 1.807) is 0 Å². The number of aliphatic hydroxyl groups excluding tert-OH is 1. The number of carbonyl (C=O) groups excluding carboxylic acids is 2. The van der Waals surface area contributed by atoms with Gasteiger partial charge in [0.2, 0.25) is 5.91 Å². The number of hydrogen-bond acceptors (Lipinski definition) is 7. The van der Waals surface area contributed by atoms with Crippen LogP contribution in [0, 0.1) is 0 Å². The number of phosphoric ester groups is 1. The fraction of sp³-hybridized carbons (Fsp3) is 0.879. The molecular weight excluding hydrogens is 569 g/mol. The molecule has 10 heteroatoms. The number of unbranched alkanes of at least 4 members (excludes halogenated alkanes) is 19. The summed E-state index contributed by atoms with van der Waals surface area (Å²) >= 11 is 0. The summed E-state index contributed by atoms with van der Waals surface area (Å²) in [5, 5.41) is 12.2. The maximum absolute atomic E-state index is 11.9. The first-order valence-electron chi connectivity index (χ1n) is 17.1. The lowest BCUT2D eigenvalue weighted by molar-refractivity contribution is -0.147. The van der Waals surface area contributed by atoms with Gasteiger partial charge in [0, 0.05) is 19.9 Å². The molecular formula is C33H64NO8P. The number of nitrogens with one attached hydrogen (secondary N) is 1. The smallest absolute Gasteiger partial charge is 0.463 e. The van der Waals surface area contributed by atoms with Crippen LogP contribution < -0.4 is 5.32 Å². The molecule has 0 heterocycles. The van der Waals surface area contributed by atoms with E-state index in [1.165, 1.54) is 122 Å². The largest absolute Gasteiger partial charge is 0.472 e. The SMILES string of the molecule is CCCCCCCC/C=C/CCCCCCCCCCCCCCCC(=O)OCC(O)COP(=O)(O)OCCNC(C)=O. The lowest BCUT2D eigenvalue weighted by Crippen LogP contribution is -2.25. The maximum Gasteiger partial charge on any atom is 0.472 e. The lowest BCUT2D eigenvalue weighted by Gasteiger charge is -2.15. The van der Waals surface area contributed by atoms with Gasteiger partial charge in [-0.05, 0) is 32.1 Å². The van der Waals surface area contributed by atoms with E-state index in [0.717, 1.165) is 19.3 Å². The van der Waals surface area contributed by atoms with Gasteiger partial charge in [0.25, 0.3) is 0 Å². The molecule has 0 aromatic carbocycles. The van der Waals surface area contributed by atoms with E-state index >= 15 is 0 Å². The van der Waals surface area contributed by atoms with Crippen LogP contribution in [-0.4, -0.2) is 54.3 Å². The molecule has 254 valence electrons. The van der Waals surface area contributed by atoms with Gasteiger partial charge in [-0.15, -0.1) is 0 Å². The average Bonchev–Trinajstić information content (AvgIpc) is 2.97. The van der Waals surface area contributed by atoms with Crippen LogP contribution in [0.4, 0.5) is 0 Å². The molecule has 9 nitrogen and oxygen atoms in total. The van der Waals surface area contributed by atoms with Crippen molar-refractivity contribution in [2.75, 3.05) is 26.4 Å². The molecule has 0 spiro atoms. The van der Waals surface area contributed by atoms with Crippen molar-refractivity contribution in [1.29, 1.82) is 0 Å². The third-order valence-corrected chi connectivity index (χ3v) is 8.22. The Morgan fingerprint density at radius 2 is 1.19 bits per heavy atom. The highest BCUT2D eigenvalue weighted by molar-refractivity contribution is 7.47. The van der Waals surface area contributed by atoms with E-state index in [0.29, 0.717) is 0 Å². The zero-order valence-electron chi connectivity index (χ0n) is 27.4. The van der Waals surface area contributed by atoms with Crippen LogP contribution in [0.1, 0.15) is 155 Å². The molecule has 0 radical (unpaired) electrons. The van der Waals surface area contributed by atoms with Crippen LogP contribution >= 0.6 is 7.82 Å². The van der Waals surface area contributed by atoms with Crippen molar-refractivity contribution in [3.8, 4) is 0 Å². The van der Waals surface area contributed by atoms with Gasteiger partial charge < -0.3 is 20.1 Å². The third-order valence-electron chi connectivity index (χ3n) is 7.24. The Morgan fingerprint density at radius 1 is 0.721 bits per heavy atom. The number of allylic oxidation sites excluding steroid dienone is 2. The van der Waals surface area contributed by atoms with Crippen LogP contribution in [-0.2, 0) is 27.9 Å². The Morgan fingerprint density at radius 3 is 1.67 bits per heavy atom. The minimum absolute atomic E-state index is 0.0571. The first-order chi connectivity index (χ1) is 20.8. The van der Waals surface area contributed by atoms with E-state index in [4.69, 9.17) is 4.74 Å². The Kier molecular flexibility index (Phi) is 29.9. The predicted octanol–water partition coefficient (Wildman–Crippen LogP) is 8.32. The van der Waals surface area contributed by atoms with Crippen LogP contribution in [0.5, 0.6) is 0 Å². The van der Waals surface area contributed by atoms with Crippen molar-refractivity contribution in [3.63, 3.8) is 0 Å². The van der Waals surface area contributed by atoms with Gasteiger partial charge in [0.1, 0.15) is 12.7 Å². The zero-order chi connectivity index (χ0) is 31.9. The first kappa shape index (κ1) is 41.8. The minimum Gasteiger partial charge on any atom is -0.463 e. The molecule has 2 atom stereocenters. The summed E-state index contributed by atoms with van der Waals surface area (Å²) in [6.45, 7) is 2.59. The second kappa shape index (κ2) is 30.8. The molecule has 2 unspecified atom stereocenters. The number of amides is 1. The molecule has 0 aromatic rings. The Labute approximate surface area is 262 Å². The molecule has 43 heavy (non-hydrogen) atoms. The second-order valence-electron chi connectivity index (χ2n) is 11.6. The van der Waals surface area contributed by atoms with Crippen molar-refractivity contribution in [1.82, 2.24) is 5.32 Å². The van der Waals surface area contributed by atoms with Crippen molar-refractivity contribution in [3.05, 3.63) is 12.2 Å². The van der Waals surface area contributed by atoms with Crippen LogP contribution in [0.3, 0.4) is 0 Å². The van der Waals surface area contributed by atoms with Crippen LogP contribution in [0.15, 0.2) is 12.2 Å². The topological polar surface area (TPSA) is 131 Å². The highest BCUT2D eigenvalue weighted by Crippen LogP contribution is 2.42. The zero-order valence-corrected chi connectivity index (χ0v) is 28.3. The average molecular weight is 634 g/mol. The predicted molar refractivity (Wildman–Crippen MR) is 174 cm³/mol. The first-order valence-corrected chi connectivity index (χ1v) is 18.6. The molecule has 0 saturated carbocycles. The number of carbonyl (C=O) groups is 2. The maximum atomic E-state index is 11.9. The van der Waals surface area contributed by atoms with Gasteiger partial charge in [0.05, 0.1) is 13.2 Å². The summed E-state index contributed by atoms with van der Waals surface area (Å²) < 4.78 is 26.1. The third kappa shape index (κ3) is 33.5. The summed E-state index contributed by atoms with van der Waals surface area (Å²) in [4.78, 5) is 32.1. The van der Waals surface area contributed by atoms with E-state index in [9.17, 15) is 24.2 Å². The Bertz CT molecular complexity index is 734. The molecule has 0 rings (SSSR count). The van der Waals surface area contributed by atoms with E-state index in [2.05, 4.69) is 33.4 Å². The molecule has 0 aliphatic rings. The molecule has 1 amide bonds. The number of esters is 1. The monoisotopic (exact) mass is 633 g/mol. The summed E-state index contributed by atoms with van der Waals surface area (Å²) in [7, 11) is -4.36. The van der Waals surface area contributed by atoms with Gasteiger partial charge in [0.15, 0.2) is 0 Å². The molecule has 0 aromatic heterocycles. The molecule has 0 bridgehead atoms. The summed E-state index contributed by atoms with van der Waals surface area (Å²) in [5.74, 6) is -0.693. The second-order valence-corrected chi connectivity index (χ2v) is 13.0. The van der Waals surface area contributed by atoms with E-state index < -0.39 is 26.5 Å². The molecule has 0 fully saturated rings. The van der Waals surface area contributed by atoms with Crippen molar-refractivity contribution >= 4 is 19.7 Å². The lowest BCUT2D eigenvalue weighted by atomic mass is 10.0. The molecule has 0 saturated heterocycles. The Hall–Kier alpha value is -1.25. The Balaban J connectivity index is 3.41. The number of rotatable bonds is 32. The van der Waals surface area contributed by atoms with Gasteiger partial charge >= 0.3 is 13.8 Å². The van der Waals surface area contributed by atoms with Gasteiger partial charge in [-0.3, -0.25) is 18.6 Å². The fourth-order valence-electron chi connectivity index (χ4n) is 4.67. The number of hydrogen-bond donors (Lipinski definition) is 3. The number of aliphatic hydroxyl groups is 1. The van der Waals surface area contributed by atoms with Crippen molar-refractivity contribution < 1.29 is 37.9 Å². The van der Waals surface area contributed by atoms with Gasteiger partial charge in [-0.1, -0.05) is 122 Å². The van der Waals surface area contributed by atoms with Crippen LogP contribution in [0.2, 0.25) is 0 Å². The number of phosphoric acid groups is 1. The quantitative estimate of drug-likeness (QED) is 0.0292. The molecule has 3 N–H and O–H groups in total. The summed E-state index contributed by atoms with van der Waals surface area (Å²) in [6.07, 6.45) is 30.5. The highest BCUT2D eigenvalue weighted by atomic mass is 31.2. The van der Waals surface area contributed by atoms with Crippen LogP contribution in [0.25, 0.3) is 0 Å². The normalized spacial score (nSPS) is 13.7. The standard InChI is InChI=1S/C33H64NO8P/c1-3-4-5-6-7-8-9-10-11-12-13-14-15-16-17-18-19-20-21-22-23-24-25-26-33(37)40-29-32(36)30-42-43(38,39)41-28-27-34-31(2)35/h10-11,32,36H,3-9,12-30H2,1-2H3,(H,34,35)(H,38,39)/b11-10+. The fourth-order valence-corrected chi connectivity index (χ4v) is 5.43. The van der Waals surface area contributed by atoms with Gasteiger partial charge in [-0.2, -0.15) is 0 Å². The molecule has 0 aliphatic heterocycles.